The van der Waals surface area contributed by atoms with Crippen molar-refractivity contribution in [2.45, 2.75) is 18.9 Å². The Kier molecular flexibility index (Phi) is 3.26. The molecule has 86 valence electrons. The molecular formula is C11H20N2O2. The van der Waals surface area contributed by atoms with E-state index in [4.69, 9.17) is 4.74 Å². The summed E-state index contributed by atoms with van der Waals surface area (Å²) in [5.41, 5.74) is 0. The third-order valence-corrected chi connectivity index (χ3v) is 3.59. The highest BCUT2D eigenvalue weighted by molar-refractivity contribution is 5.82. The lowest BCUT2D eigenvalue weighted by Crippen LogP contribution is -2.45. The Labute approximate surface area is 91.0 Å². The van der Waals surface area contributed by atoms with Gasteiger partial charge in [0.15, 0.2) is 0 Å². The zero-order valence-electron chi connectivity index (χ0n) is 9.53. The average Bonchev–Trinajstić information content (AvgIpc) is 2.97. The summed E-state index contributed by atoms with van der Waals surface area (Å²) in [5.74, 6) is 1.78. The molecule has 3 unspecified atom stereocenters. The first-order chi connectivity index (χ1) is 7.26. The molecule has 4 heteroatoms. The van der Waals surface area contributed by atoms with E-state index >= 15 is 0 Å². The number of amides is 1. The van der Waals surface area contributed by atoms with E-state index in [1.807, 2.05) is 11.9 Å². The van der Waals surface area contributed by atoms with Crippen molar-refractivity contribution in [3.8, 4) is 0 Å². The molecule has 2 rings (SSSR count). The predicted molar refractivity (Wildman–Crippen MR) is 57.5 cm³/mol. The van der Waals surface area contributed by atoms with Crippen LogP contribution in [-0.4, -0.2) is 50.7 Å². The van der Waals surface area contributed by atoms with Crippen LogP contribution in [0.25, 0.3) is 0 Å². The van der Waals surface area contributed by atoms with Gasteiger partial charge < -0.3 is 15.0 Å². The molecule has 0 bridgehead atoms. The molecule has 1 saturated heterocycles. The summed E-state index contributed by atoms with van der Waals surface area (Å²) in [7, 11) is 3.55. The van der Waals surface area contributed by atoms with E-state index < -0.39 is 0 Å². The molecule has 1 saturated carbocycles. The number of fused-ring (bicyclic) bond motifs is 1. The van der Waals surface area contributed by atoms with Crippen LogP contribution in [0.4, 0.5) is 0 Å². The highest BCUT2D eigenvalue weighted by atomic mass is 16.5. The Bertz CT molecular complexity index is 245. The lowest BCUT2D eigenvalue weighted by molar-refractivity contribution is -0.133. The van der Waals surface area contributed by atoms with Gasteiger partial charge in [-0.2, -0.15) is 0 Å². The normalized spacial score (nSPS) is 34.9. The maximum atomic E-state index is 12.1. The van der Waals surface area contributed by atoms with Crippen LogP contribution in [-0.2, 0) is 9.53 Å². The first kappa shape index (κ1) is 10.9. The molecule has 0 aromatic heterocycles. The number of likely N-dealkylation sites (tertiary alicyclic amines) is 1. The zero-order valence-corrected chi connectivity index (χ0v) is 9.53. The summed E-state index contributed by atoms with van der Waals surface area (Å²) in [5, 5.41) is 3.13. The molecule has 3 atom stereocenters. The quantitative estimate of drug-likeness (QED) is 0.718. The molecule has 2 fully saturated rings. The largest absolute Gasteiger partial charge is 0.383 e. The van der Waals surface area contributed by atoms with Crippen LogP contribution >= 0.6 is 0 Å². The van der Waals surface area contributed by atoms with Gasteiger partial charge in [-0.1, -0.05) is 0 Å². The molecule has 1 heterocycles. The number of ether oxygens (including phenoxy) is 1. The van der Waals surface area contributed by atoms with Crippen molar-refractivity contribution in [3.63, 3.8) is 0 Å². The van der Waals surface area contributed by atoms with Gasteiger partial charge in [0, 0.05) is 20.2 Å². The van der Waals surface area contributed by atoms with Crippen molar-refractivity contribution >= 4 is 5.91 Å². The van der Waals surface area contributed by atoms with Crippen molar-refractivity contribution in [2.24, 2.45) is 11.8 Å². The van der Waals surface area contributed by atoms with E-state index in [0.717, 1.165) is 31.3 Å². The predicted octanol–water partition coefficient (Wildman–Crippen LogP) is 0.0892. The van der Waals surface area contributed by atoms with Crippen molar-refractivity contribution in [1.29, 1.82) is 0 Å². The summed E-state index contributed by atoms with van der Waals surface area (Å²) >= 11 is 0. The molecule has 0 aromatic rings. The molecule has 1 aliphatic heterocycles. The lowest BCUT2D eigenvalue weighted by Gasteiger charge is -2.24. The molecule has 0 spiro atoms. The van der Waals surface area contributed by atoms with Crippen LogP contribution < -0.4 is 5.32 Å². The number of likely N-dealkylation sites (N-methyl/N-ethyl adjacent to an activating group) is 1. The highest BCUT2D eigenvalue weighted by Gasteiger charge is 2.45. The van der Waals surface area contributed by atoms with Crippen molar-refractivity contribution < 1.29 is 9.53 Å². The fourth-order valence-corrected chi connectivity index (χ4v) is 2.46. The fourth-order valence-electron chi connectivity index (χ4n) is 2.46. The molecule has 15 heavy (non-hydrogen) atoms. The summed E-state index contributed by atoms with van der Waals surface area (Å²) in [6.45, 7) is 2.31. The minimum Gasteiger partial charge on any atom is -0.383 e. The Hall–Kier alpha value is -0.610. The zero-order chi connectivity index (χ0) is 10.8. The Morgan fingerprint density at radius 2 is 2.27 bits per heavy atom. The second-order valence-corrected chi connectivity index (χ2v) is 4.61. The van der Waals surface area contributed by atoms with E-state index in [9.17, 15) is 4.79 Å². The first-order valence-electron chi connectivity index (χ1n) is 5.71. The number of hydrogen-bond donors (Lipinski definition) is 1. The van der Waals surface area contributed by atoms with Gasteiger partial charge in [-0.05, 0) is 31.7 Å². The fraction of sp³-hybridized carbons (Fsp3) is 0.909. The third-order valence-electron chi connectivity index (χ3n) is 3.59. The van der Waals surface area contributed by atoms with Crippen LogP contribution in [0, 0.1) is 11.8 Å². The summed E-state index contributed by atoms with van der Waals surface area (Å²) in [4.78, 5) is 14.0. The Balaban J connectivity index is 1.97. The average molecular weight is 212 g/mol. The maximum absolute atomic E-state index is 12.1. The molecule has 1 amide bonds. The minimum absolute atomic E-state index is 0.0272. The number of rotatable bonds is 4. The molecule has 0 aromatic carbocycles. The topological polar surface area (TPSA) is 41.6 Å². The van der Waals surface area contributed by atoms with Gasteiger partial charge >= 0.3 is 0 Å². The summed E-state index contributed by atoms with van der Waals surface area (Å²) in [6.07, 6.45) is 2.32. The second kappa shape index (κ2) is 4.49. The lowest BCUT2D eigenvalue weighted by atomic mass is 10.1. The smallest absolute Gasteiger partial charge is 0.239 e. The molecule has 4 nitrogen and oxygen atoms in total. The summed E-state index contributed by atoms with van der Waals surface area (Å²) < 4.78 is 5.04. The van der Waals surface area contributed by atoms with E-state index in [1.165, 1.54) is 6.42 Å². The number of hydrogen-bond acceptors (Lipinski definition) is 3. The van der Waals surface area contributed by atoms with Gasteiger partial charge in [-0.25, -0.2) is 0 Å². The van der Waals surface area contributed by atoms with E-state index in [-0.39, 0.29) is 11.9 Å². The Morgan fingerprint density at radius 3 is 2.93 bits per heavy atom. The van der Waals surface area contributed by atoms with Crippen LogP contribution in [0.3, 0.4) is 0 Å². The molecule has 1 aliphatic carbocycles. The molecular weight excluding hydrogens is 192 g/mol. The number of nitrogens with one attached hydrogen (secondary N) is 1. The van der Waals surface area contributed by atoms with Gasteiger partial charge in [0.25, 0.3) is 0 Å². The van der Waals surface area contributed by atoms with Gasteiger partial charge in [0.1, 0.15) is 0 Å². The number of carbonyl (C=O) groups is 1. The van der Waals surface area contributed by atoms with Crippen molar-refractivity contribution in [2.75, 3.05) is 33.9 Å². The first-order valence-corrected chi connectivity index (χ1v) is 5.71. The maximum Gasteiger partial charge on any atom is 0.239 e. The minimum atomic E-state index is 0.0272. The van der Waals surface area contributed by atoms with Gasteiger partial charge in [0.05, 0.1) is 12.6 Å². The van der Waals surface area contributed by atoms with Crippen LogP contribution in [0.15, 0.2) is 0 Å². The highest BCUT2D eigenvalue weighted by Crippen LogP contribution is 2.44. The monoisotopic (exact) mass is 212 g/mol. The second-order valence-electron chi connectivity index (χ2n) is 4.61. The Morgan fingerprint density at radius 1 is 1.47 bits per heavy atom. The summed E-state index contributed by atoms with van der Waals surface area (Å²) in [6, 6.07) is 0.0272. The molecule has 2 aliphatic rings. The van der Waals surface area contributed by atoms with E-state index in [2.05, 4.69) is 5.32 Å². The van der Waals surface area contributed by atoms with E-state index in [1.54, 1.807) is 7.11 Å². The number of nitrogens with zero attached hydrogens (tertiary/aromatic N) is 1. The molecule has 0 radical (unpaired) electrons. The van der Waals surface area contributed by atoms with Crippen molar-refractivity contribution in [3.05, 3.63) is 0 Å². The van der Waals surface area contributed by atoms with Crippen LogP contribution in [0.1, 0.15) is 12.8 Å². The van der Waals surface area contributed by atoms with Crippen LogP contribution in [0.2, 0.25) is 0 Å². The van der Waals surface area contributed by atoms with E-state index in [0.29, 0.717) is 6.61 Å². The standard InChI is InChI=1S/C11H20N2O2/c1-12-10-6-8-5-9(8)7-13(11(10)14)3-4-15-2/h8-10,12H,3-7H2,1-2H3. The molecule has 1 N–H and O–H groups in total. The van der Waals surface area contributed by atoms with Crippen LogP contribution in [0.5, 0.6) is 0 Å². The number of methoxy groups -OCH3 is 1. The third kappa shape index (κ3) is 2.32. The number of carbonyl (C=O) groups excluding carboxylic acids is 1. The van der Waals surface area contributed by atoms with Gasteiger partial charge in [-0.15, -0.1) is 0 Å². The SMILES string of the molecule is CNC1CC2CC2CN(CCOC)C1=O. The van der Waals surface area contributed by atoms with Gasteiger partial charge in [0.2, 0.25) is 5.91 Å². The van der Waals surface area contributed by atoms with Gasteiger partial charge in [-0.3, -0.25) is 4.79 Å². The van der Waals surface area contributed by atoms with Crippen molar-refractivity contribution in [1.82, 2.24) is 10.2 Å².